The highest BCUT2D eigenvalue weighted by Crippen LogP contribution is 2.22. The Labute approximate surface area is 162 Å². The molecular formula is C15H11Cl2N7O3. The summed E-state index contributed by atoms with van der Waals surface area (Å²) in [5.41, 5.74) is 5.16. The van der Waals surface area contributed by atoms with E-state index in [1.54, 1.807) is 0 Å². The summed E-state index contributed by atoms with van der Waals surface area (Å²) in [6.45, 7) is 0. The van der Waals surface area contributed by atoms with Crippen LogP contribution in [0.1, 0.15) is 5.89 Å². The van der Waals surface area contributed by atoms with E-state index in [1.165, 1.54) is 36.8 Å². The number of amides is 3. The van der Waals surface area contributed by atoms with Crippen molar-refractivity contribution in [3.05, 3.63) is 52.7 Å². The molecule has 3 aromatic rings. The number of carbonyl (C=O) groups excluding carboxylic acids is 2. The number of hydrogen-bond donors (Lipinski definition) is 3. The number of rotatable bonds is 4. The molecule has 12 heteroatoms. The van der Waals surface area contributed by atoms with Crippen molar-refractivity contribution >= 4 is 40.8 Å². The number of anilines is 1. The molecule has 0 saturated heterocycles. The maximum atomic E-state index is 11.9. The summed E-state index contributed by atoms with van der Waals surface area (Å²) in [7, 11) is 0. The number of carbonyl (C=O) groups is 2. The van der Waals surface area contributed by atoms with Gasteiger partial charge in [-0.15, -0.1) is 0 Å². The first kappa shape index (κ1) is 18.5. The highest BCUT2D eigenvalue weighted by atomic mass is 35.5. The summed E-state index contributed by atoms with van der Waals surface area (Å²) in [6.07, 6.45) is 4.21. The zero-order valence-corrected chi connectivity index (χ0v) is 15.0. The fourth-order valence-electron chi connectivity index (χ4n) is 1.94. The lowest BCUT2D eigenvalue weighted by Crippen LogP contribution is -2.44. The predicted octanol–water partition coefficient (Wildman–Crippen LogP) is 2.23. The fourth-order valence-corrected chi connectivity index (χ4v) is 2.47. The van der Waals surface area contributed by atoms with Crippen LogP contribution in [0.5, 0.6) is 0 Å². The zero-order chi connectivity index (χ0) is 19.2. The number of nitrogens with one attached hydrogen (secondary N) is 3. The second kappa shape index (κ2) is 8.43. The Morgan fingerprint density at radius 2 is 1.85 bits per heavy atom. The minimum Gasteiger partial charge on any atom is -0.338 e. The van der Waals surface area contributed by atoms with Crippen LogP contribution in [0, 0.1) is 0 Å². The van der Waals surface area contributed by atoms with E-state index in [0.29, 0.717) is 21.4 Å². The highest BCUT2D eigenvalue weighted by molar-refractivity contribution is 6.35. The number of urea groups is 1. The molecule has 0 spiro atoms. The van der Waals surface area contributed by atoms with E-state index < -0.39 is 11.9 Å². The summed E-state index contributed by atoms with van der Waals surface area (Å²) in [5, 5.41) is 6.90. The normalized spacial score (nSPS) is 10.3. The highest BCUT2D eigenvalue weighted by Gasteiger charge is 2.14. The van der Waals surface area contributed by atoms with Crippen LogP contribution in [0.3, 0.4) is 0 Å². The van der Waals surface area contributed by atoms with Crippen molar-refractivity contribution in [3.8, 4) is 11.5 Å². The Hall–Kier alpha value is -3.24. The van der Waals surface area contributed by atoms with Gasteiger partial charge in [0.25, 0.3) is 0 Å². The van der Waals surface area contributed by atoms with Gasteiger partial charge in [-0.25, -0.2) is 15.2 Å². The van der Waals surface area contributed by atoms with Crippen LogP contribution < -0.4 is 16.2 Å². The molecule has 3 rings (SSSR count). The quantitative estimate of drug-likeness (QED) is 0.564. The third kappa shape index (κ3) is 5.36. The molecular weight excluding hydrogens is 397 g/mol. The number of benzene rings is 1. The van der Waals surface area contributed by atoms with Crippen molar-refractivity contribution in [2.24, 2.45) is 0 Å². The average Bonchev–Trinajstić information content (AvgIpc) is 3.08. The van der Waals surface area contributed by atoms with Crippen molar-refractivity contribution in [1.29, 1.82) is 0 Å². The van der Waals surface area contributed by atoms with Gasteiger partial charge in [-0.2, -0.15) is 4.98 Å². The molecule has 1 aromatic carbocycles. The van der Waals surface area contributed by atoms with E-state index >= 15 is 0 Å². The summed E-state index contributed by atoms with van der Waals surface area (Å²) in [4.78, 5) is 35.6. The van der Waals surface area contributed by atoms with E-state index in [-0.39, 0.29) is 18.1 Å². The summed E-state index contributed by atoms with van der Waals surface area (Å²) < 4.78 is 4.97. The topological polar surface area (TPSA) is 135 Å². The van der Waals surface area contributed by atoms with Crippen LogP contribution >= 0.6 is 23.2 Å². The number of hydrazine groups is 1. The van der Waals surface area contributed by atoms with Gasteiger partial charge in [0.15, 0.2) is 0 Å². The van der Waals surface area contributed by atoms with Crippen molar-refractivity contribution in [3.63, 3.8) is 0 Å². The van der Waals surface area contributed by atoms with Gasteiger partial charge in [0.2, 0.25) is 17.6 Å². The number of nitrogens with zero attached hydrogens (tertiary/aromatic N) is 4. The molecule has 3 N–H and O–H groups in total. The van der Waals surface area contributed by atoms with E-state index in [9.17, 15) is 9.59 Å². The van der Waals surface area contributed by atoms with Gasteiger partial charge in [0.05, 0.1) is 6.20 Å². The SMILES string of the molecule is O=C(Cc1nc(-c2cnccn2)no1)NNC(=O)Nc1cc(Cl)cc(Cl)c1. The molecule has 0 bridgehead atoms. The molecule has 0 atom stereocenters. The molecule has 3 amide bonds. The summed E-state index contributed by atoms with van der Waals surface area (Å²) in [5.74, 6) is -0.310. The van der Waals surface area contributed by atoms with Crippen molar-refractivity contribution in [2.75, 3.05) is 5.32 Å². The van der Waals surface area contributed by atoms with Gasteiger partial charge in [0, 0.05) is 28.1 Å². The average molecular weight is 408 g/mol. The van der Waals surface area contributed by atoms with E-state index in [4.69, 9.17) is 27.7 Å². The lowest BCUT2D eigenvalue weighted by Gasteiger charge is -2.09. The van der Waals surface area contributed by atoms with E-state index in [1.807, 2.05) is 0 Å². The first-order chi connectivity index (χ1) is 13.0. The van der Waals surface area contributed by atoms with Gasteiger partial charge in [-0.3, -0.25) is 15.2 Å². The van der Waals surface area contributed by atoms with Crippen molar-refractivity contribution < 1.29 is 14.1 Å². The third-order valence-electron chi connectivity index (χ3n) is 3.01. The molecule has 0 radical (unpaired) electrons. The summed E-state index contributed by atoms with van der Waals surface area (Å²) >= 11 is 11.7. The number of aromatic nitrogens is 4. The van der Waals surface area contributed by atoms with Crippen LogP contribution in [0.2, 0.25) is 10.0 Å². The standard InChI is InChI=1S/C15H11Cl2N7O3/c16-8-3-9(17)5-10(4-8)20-15(26)23-22-12(25)6-13-21-14(24-27-13)11-7-18-1-2-19-11/h1-5,7H,6H2,(H,22,25)(H2,20,23,26). The first-order valence-corrected chi connectivity index (χ1v) is 8.16. The second-order valence-corrected chi connectivity index (χ2v) is 5.94. The maximum absolute atomic E-state index is 11.9. The van der Waals surface area contributed by atoms with Gasteiger partial charge in [-0.1, -0.05) is 28.4 Å². The van der Waals surface area contributed by atoms with Gasteiger partial charge in [-0.05, 0) is 18.2 Å². The Bertz CT molecular complexity index is 945. The van der Waals surface area contributed by atoms with E-state index in [0.717, 1.165) is 0 Å². The van der Waals surface area contributed by atoms with Crippen LogP contribution in [0.15, 0.2) is 41.3 Å². The first-order valence-electron chi connectivity index (χ1n) is 7.40. The fraction of sp³-hybridized carbons (Fsp3) is 0.0667. The predicted molar refractivity (Wildman–Crippen MR) is 95.8 cm³/mol. The molecule has 0 saturated carbocycles. The van der Waals surface area contributed by atoms with Gasteiger partial charge >= 0.3 is 6.03 Å². The molecule has 0 aliphatic carbocycles. The zero-order valence-electron chi connectivity index (χ0n) is 13.4. The van der Waals surface area contributed by atoms with Gasteiger partial charge in [0.1, 0.15) is 12.1 Å². The van der Waals surface area contributed by atoms with Crippen LogP contribution in [-0.4, -0.2) is 32.0 Å². The minimum atomic E-state index is -0.688. The second-order valence-electron chi connectivity index (χ2n) is 5.06. The van der Waals surface area contributed by atoms with Crippen molar-refractivity contribution in [2.45, 2.75) is 6.42 Å². The molecule has 27 heavy (non-hydrogen) atoms. The molecule has 10 nitrogen and oxygen atoms in total. The number of halogens is 2. The molecule has 0 fully saturated rings. The lowest BCUT2D eigenvalue weighted by molar-refractivity contribution is -0.121. The largest absolute Gasteiger partial charge is 0.338 e. The lowest BCUT2D eigenvalue weighted by atomic mass is 10.3. The van der Waals surface area contributed by atoms with Crippen LogP contribution in [-0.2, 0) is 11.2 Å². The molecule has 0 aliphatic rings. The Kier molecular flexibility index (Phi) is 5.79. The molecule has 138 valence electrons. The molecule has 2 heterocycles. The molecule has 2 aromatic heterocycles. The van der Waals surface area contributed by atoms with Crippen LogP contribution in [0.4, 0.5) is 10.5 Å². The minimum absolute atomic E-state index is 0.0528. The Balaban J connectivity index is 1.49. The summed E-state index contributed by atoms with van der Waals surface area (Å²) in [6, 6.07) is 3.84. The van der Waals surface area contributed by atoms with Crippen molar-refractivity contribution in [1.82, 2.24) is 31.0 Å². The van der Waals surface area contributed by atoms with Gasteiger partial charge < -0.3 is 9.84 Å². The third-order valence-corrected chi connectivity index (χ3v) is 3.44. The maximum Gasteiger partial charge on any atom is 0.337 e. The molecule has 0 aliphatic heterocycles. The Morgan fingerprint density at radius 1 is 1.07 bits per heavy atom. The number of hydrogen-bond acceptors (Lipinski definition) is 7. The molecule has 0 unspecified atom stereocenters. The van der Waals surface area contributed by atoms with Crippen LogP contribution in [0.25, 0.3) is 11.5 Å². The smallest absolute Gasteiger partial charge is 0.337 e. The monoisotopic (exact) mass is 407 g/mol. The Morgan fingerprint density at radius 3 is 2.56 bits per heavy atom. The van der Waals surface area contributed by atoms with E-state index in [2.05, 4.69) is 36.3 Å².